The average Bonchev–Trinajstić information content (AvgIpc) is 2.44. The van der Waals surface area contributed by atoms with Crippen LogP contribution in [0.1, 0.15) is 39.2 Å². The highest BCUT2D eigenvalue weighted by Crippen LogP contribution is 2.13. The van der Waals surface area contributed by atoms with Crippen molar-refractivity contribution in [1.82, 2.24) is 5.32 Å². The van der Waals surface area contributed by atoms with Gasteiger partial charge < -0.3 is 16.4 Å². The van der Waals surface area contributed by atoms with Crippen LogP contribution in [0, 0.1) is 5.92 Å². The van der Waals surface area contributed by atoms with Gasteiger partial charge in [-0.25, -0.2) is 0 Å². The van der Waals surface area contributed by atoms with Crippen LogP contribution in [0.2, 0.25) is 0 Å². The maximum Gasteiger partial charge on any atom is 0.227 e. The van der Waals surface area contributed by atoms with E-state index >= 15 is 0 Å². The van der Waals surface area contributed by atoms with Crippen molar-refractivity contribution in [2.24, 2.45) is 11.7 Å². The summed E-state index contributed by atoms with van der Waals surface area (Å²) in [6, 6.07) is 7.33. The SMILES string of the molecule is CCC(C)C(=O)Nc1cccc(CNC(=O)CC(C)N)c1. The fraction of sp³-hybridized carbons (Fsp3) is 0.500. The first-order valence-electron chi connectivity index (χ1n) is 7.34. The van der Waals surface area contributed by atoms with Gasteiger partial charge in [0.1, 0.15) is 0 Å². The monoisotopic (exact) mass is 291 g/mol. The number of nitrogens with two attached hydrogens (primary N) is 1. The second-order valence-electron chi connectivity index (χ2n) is 5.46. The summed E-state index contributed by atoms with van der Waals surface area (Å²) in [6.45, 7) is 6.10. The Bertz CT molecular complexity index is 486. The Morgan fingerprint density at radius 1 is 1.29 bits per heavy atom. The highest BCUT2D eigenvalue weighted by atomic mass is 16.2. The lowest BCUT2D eigenvalue weighted by Crippen LogP contribution is -2.29. The van der Waals surface area contributed by atoms with Gasteiger partial charge in [-0.1, -0.05) is 26.0 Å². The molecule has 2 amide bonds. The number of rotatable bonds is 7. The number of benzene rings is 1. The molecule has 21 heavy (non-hydrogen) atoms. The molecular formula is C16H25N3O2. The summed E-state index contributed by atoms with van der Waals surface area (Å²) >= 11 is 0. The van der Waals surface area contributed by atoms with Crippen LogP contribution in [-0.2, 0) is 16.1 Å². The Labute approximate surface area is 126 Å². The van der Waals surface area contributed by atoms with E-state index in [0.717, 1.165) is 17.7 Å². The van der Waals surface area contributed by atoms with Crippen LogP contribution in [0.3, 0.4) is 0 Å². The number of hydrogen-bond acceptors (Lipinski definition) is 3. The maximum absolute atomic E-state index is 11.8. The maximum atomic E-state index is 11.8. The van der Waals surface area contributed by atoms with E-state index in [4.69, 9.17) is 5.73 Å². The standard InChI is InChI=1S/C16H25N3O2/c1-4-11(2)16(21)19-14-7-5-6-13(9-14)10-18-15(20)8-12(3)17/h5-7,9,11-12H,4,8,10,17H2,1-3H3,(H,18,20)(H,19,21). The Hall–Kier alpha value is -1.88. The summed E-state index contributed by atoms with van der Waals surface area (Å²) in [5.41, 5.74) is 7.26. The van der Waals surface area contributed by atoms with Gasteiger partial charge in [0.15, 0.2) is 0 Å². The fourth-order valence-corrected chi connectivity index (χ4v) is 1.78. The van der Waals surface area contributed by atoms with Gasteiger partial charge in [-0.3, -0.25) is 9.59 Å². The molecule has 0 aliphatic carbocycles. The predicted octanol–water partition coefficient (Wildman–Crippen LogP) is 2.02. The minimum atomic E-state index is -0.147. The molecule has 0 bridgehead atoms. The first-order valence-corrected chi connectivity index (χ1v) is 7.34. The van der Waals surface area contributed by atoms with Crippen LogP contribution in [0.15, 0.2) is 24.3 Å². The van der Waals surface area contributed by atoms with Crippen molar-refractivity contribution in [2.75, 3.05) is 5.32 Å². The molecule has 0 radical (unpaired) electrons. The van der Waals surface area contributed by atoms with Gasteiger partial charge in [0, 0.05) is 30.6 Å². The summed E-state index contributed by atoms with van der Waals surface area (Å²) in [5.74, 6) is -0.0749. The molecule has 2 atom stereocenters. The minimum absolute atomic E-state index is 0.00985. The molecule has 116 valence electrons. The largest absolute Gasteiger partial charge is 0.352 e. The molecule has 1 aromatic rings. The van der Waals surface area contributed by atoms with Crippen molar-refractivity contribution in [2.45, 2.75) is 46.2 Å². The third-order valence-corrected chi connectivity index (χ3v) is 3.25. The summed E-state index contributed by atoms with van der Waals surface area (Å²) in [7, 11) is 0. The lowest BCUT2D eigenvalue weighted by atomic mass is 10.1. The van der Waals surface area contributed by atoms with E-state index in [2.05, 4.69) is 10.6 Å². The highest BCUT2D eigenvalue weighted by molar-refractivity contribution is 5.92. The molecule has 5 nitrogen and oxygen atoms in total. The van der Waals surface area contributed by atoms with Gasteiger partial charge in [-0.05, 0) is 31.0 Å². The number of anilines is 1. The number of carbonyl (C=O) groups excluding carboxylic acids is 2. The Morgan fingerprint density at radius 3 is 2.62 bits per heavy atom. The number of amides is 2. The third kappa shape index (κ3) is 6.40. The van der Waals surface area contributed by atoms with Crippen molar-refractivity contribution in [3.63, 3.8) is 0 Å². The third-order valence-electron chi connectivity index (χ3n) is 3.25. The van der Waals surface area contributed by atoms with Crippen LogP contribution in [0.4, 0.5) is 5.69 Å². The van der Waals surface area contributed by atoms with Crippen LogP contribution in [0.5, 0.6) is 0 Å². The normalized spacial score (nSPS) is 13.3. The van der Waals surface area contributed by atoms with Crippen molar-refractivity contribution >= 4 is 17.5 Å². The molecule has 2 unspecified atom stereocenters. The van der Waals surface area contributed by atoms with E-state index in [0.29, 0.717) is 13.0 Å². The molecular weight excluding hydrogens is 266 g/mol. The smallest absolute Gasteiger partial charge is 0.227 e. The molecule has 5 heteroatoms. The Balaban J connectivity index is 2.56. The van der Waals surface area contributed by atoms with Crippen molar-refractivity contribution in [3.8, 4) is 0 Å². The summed E-state index contributed by atoms with van der Waals surface area (Å²) in [5, 5.41) is 5.69. The predicted molar refractivity (Wildman–Crippen MR) is 84.6 cm³/mol. The first-order chi connectivity index (χ1) is 9.92. The summed E-state index contributed by atoms with van der Waals surface area (Å²) in [4.78, 5) is 23.4. The zero-order valence-corrected chi connectivity index (χ0v) is 13.0. The quantitative estimate of drug-likeness (QED) is 0.718. The molecule has 4 N–H and O–H groups in total. The Kier molecular flexibility index (Phi) is 6.88. The van der Waals surface area contributed by atoms with Gasteiger partial charge in [-0.2, -0.15) is 0 Å². The van der Waals surface area contributed by atoms with E-state index in [1.165, 1.54) is 0 Å². The molecule has 0 aromatic heterocycles. The zero-order chi connectivity index (χ0) is 15.8. The topological polar surface area (TPSA) is 84.2 Å². The summed E-state index contributed by atoms with van der Waals surface area (Å²) < 4.78 is 0. The van der Waals surface area contributed by atoms with Gasteiger partial charge in [-0.15, -0.1) is 0 Å². The van der Waals surface area contributed by atoms with Crippen molar-refractivity contribution in [3.05, 3.63) is 29.8 Å². The van der Waals surface area contributed by atoms with E-state index < -0.39 is 0 Å². The number of carbonyl (C=O) groups is 2. The summed E-state index contributed by atoms with van der Waals surface area (Å²) in [6.07, 6.45) is 1.11. The molecule has 0 heterocycles. The van der Waals surface area contributed by atoms with E-state index in [1.807, 2.05) is 38.1 Å². The van der Waals surface area contributed by atoms with Crippen LogP contribution < -0.4 is 16.4 Å². The molecule has 0 aliphatic rings. The second-order valence-corrected chi connectivity index (χ2v) is 5.46. The number of nitrogens with one attached hydrogen (secondary N) is 2. The first kappa shape index (κ1) is 17.2. The molecule has 0 spiro atoms. The minimum Gasteiger partial charge on any atom is -0.352 e. The van der Waals surface area contributed by atoms with Gasteiger partial charge >= 0.3 is 0 Å². The average molecular weight is 291 g/mol. The van der Waals surface area contributed by atoms with Crippen LogP contribution in [-0.4, -0.2) is 17.9 Å². The fourth-order valence-electron chi connectivity index (χ4n) is 1.78. The van der Waals surface area contributed by atoms with Gasteiger partial charge in [0.25, 0.3) is 0 Å². The van der Waals surface area contributed by atoms with Crippen molar-refractivity contribution in [1.29, 1.82) is 0 Å². The van der Waals surface area contributed by atoms with E-state index in [-0.39, 0.29) is 23.8 Å². The zero-order valence-electron chi connectivity index (χ0n) is 13.0. The molecule has 1 rings (SSSR count). The molecule has 1 aromatic carbocycles. The van der Waals surface area contributed by atoms with Crippen LogP contribution in [0.25, 0.3) is 0 Å². The van der Waals surface area contributed by atoms with Crippen LogP contribution >= 0.6 is 0 Å². The lowest BCUT2D eigenvalue weighted by molar-refractivity contribution is -0.121. The molecule has 0 saturated carbocycles. The Morgan fingerprint density at radius 2 is 2.00 bits per heavy atom. The molecule has 0 saturated heterocycles. The number of hydrogen-bond donors (Lipinski definition) is 3. The van der Waals surface area contributed by atoms with Gasteiger partial charge in [0.05, 0.1) is 0 Å². The van der Waals surface area contributed by atoms with Gasteiger partial charge in [0.2, 0.25) is 11.8 Å². The van der Waals surface area contributed by atoms with Crippen molar-refractivity contribution < 1.29 is 9.59 Å². The lowest BCUT2D eigenvalue weighted by Gasteiger charge is -2.12. The second kappa shape index (κ2) is 8.42. The molecule has 0 fully saturated rings. The molecule has 0 aliphatic heterocycles. The van der Waals surface area contributed by atoms with E-state index in [9.17, 15) is 9.59 Å². The highest BCUT2D eigenvalue weighted by Gasteiger charge is 2.10. The van der Waals surface area contributed by atoms with E-state index in [1.54, 1.807) is 6.92 Å².